The Hall–Kier alpha value is -2.67. The number of fused-ring (bicyclic) bond motifs is 1. The van der Waals surface area contributed by atoms with Gasteiger partial charge in [0.1, 0.15) is 5.82 Å². The number of nitrogens with one attached hydrogen (secondary N) is 1. The zero-order valence-corrected chi connectivity index (χ0v) is 13.4. The molecule has 1 saturated carbocycles. The van der Waals surface area contributed by atoms with Crippen molar-refractivity contribution in [3.63, 3.8) is 0 Å². The van der Waals surface area contributed by atoms with Crippen molar-refractivity contribution in [2.45, 2.75) is 37.6 Å². The second-order valence-corrected chi connectivity index (χ2v) is 6.40. The Bertz CT molecular complexity index is 835. The number of pyridine rings is 1. The van der Waals surface area contributed by atoms with Crippen LogP contribution < -0.4 is 16.8 Å². The third-order valence-electron chi connectivity index (χ3n) is 4.59. The van der Waals surface area contributed by atoms with Gasteiger partial charge in [-0.25, -0.2) is 9.50 Å². The number of nitrogen functional groups attached to an aromatic ring is 1. The van der Waals surface area contributed by atoms with Gasteiger partial charge in [0.2, 0.25) is 0 Å². The Morgan fingerprint density at radius 2 is 2.04 bits per heavy atom. The first-order valence-corrected chi connectivity index (χ1v) is 8.27. The molecule has 0 radical (unpaired) electrons. The van der Waals surface area contributed by atoms with Crippen molar-refractivity contribution in [3.05, 3.63) is 42.5 Å². The number of imidazole rings is 1. The van der Waals surface area contributed by atoms with E-state index in [9.17, 15) is 0 Å². The van der Waals surface area contributed by atoms with Gasteiger partial charge in [0.05, 0.1) is 29.5 Å². The van der Waals surface area contributed by atoms with Crippen LogP contribution in [0.2, 0.25) is 0 Å². The third-order valence-corrected chi connectivity index (χ3v) is 4.59. The maximum Gasteiger partial charge on any atom is 0.177 e. The largest absolute Gasteiger partial charge is 0.382 e. The van der Waals surface area contributed by atoms with E-state index in [2.05, 4.69) is 15.4 Å². The lowest BCUT2D eigenvalue weighted by Crippen LogP contribution is -2.25. The van der Waals surface area contributed by atoms with Crippen LogP contribution in [0.3, 0.4) is 0 Å². The number of aromatic nitrogens is 4. The SMILES string of the molecule is Nc1cc(Nc2cccnc2)c2nc(C3CCC(N)CC3)cn2n1. The van der Waals surface area contributed by atoms with Gasteiger partial charge < -0.3 is 16.8 Å². The highest BCUT2D eigenvalue weighted by molar-refractivity contribution is 5.75. The van der Waals surface area contributed by atoms with E-state index < -0.39 is 0 Å². The van der Waals surface area contributed by atoms with Crippen LogP contribution in [0.15, 0.2) is 36.8 Å². The Balaban J connectivity index is 1.69. The lowest BCUT2D eigenvalue weighted by molar-refractivity contribution is 0.391. The van der Waals surface area contributed by atoms with Crippen molar-refractivity contribution >= 4 is 22.8 Å². The van der Waals surface area contributed by atoms with Crippen LogP contribution >= 0.6 is 0 Å². The number of nitrogens with zero attached hydrogens (tertiary/aromatic N) is 4. The van der Waals surface area contributed by atoms with Crippen molar-refractivity contribution < 1.29 is 0 Å². The number of nitrogens with two attached hydrogens (primary N) is 2. The smallest absolute Gasteiger partial charge is 0.177 e. The van der Waals surface area contributed by atoms with Gasteiger partial charge in [0.15, 0.2) is 5.65 Å². The lowest BCUT2D eigenvalue weighted by atomic mass is 9.85. The summed E-state index contributed by atoms with van der Waals surface area (Å²) >= 11 is 0. The number of hydrogen-bond donors (Lipinski definition) is 3. The maximum absolute atomic E-state index is 6.01. The Labute approximate surface area is 140 Å². The van der Waals surface area contributed by atoms with E-state index in [0.29, 0.717) is 17.8 Å². The molecular formula is C17H21N7. The minimum absolute atomic E-state index is 0.329. The highest BCUT2D eigenvalue weighted by Crippen LogP contribution is 2.33. The van der Waals surface area contributed by atoms with Gasteiger partial charge in [0.25, 0.3) is 0 Å². The van der Waals surface area contributed by atoms with E-state index in [-0.39, 0.29) is 0 Å². The Kier molecular flexibility index (Phi) is 3.78. The normalized spacial score (nSPS) is 21.0. The summed E-state index contributed by atoms with van der Waals surface area (Å²) in [5.74, 6) is 0.891. The summed E-state index contributed by atoms with van der Waals surface area (Å²) in [7, 11) is 0. The molecule has 7 heteroatoms. The van der Waals surface area contributed by atoms with Gasteiger partial charge in [-0.05, 0) is 37.8 Å². The molecule has 0 bridgehead atoms. The van der Waals surface area contributed by atoms with Crippen molar-refractivity contribution in [1.29, 1.82) is 0 Å². The van der Waals surface area contributed by atoms with Crippen molar-refractivity contribution in [2.75, 3.05) is 11.1 Å². The van der Waals surface area contributed by atoms with Gasteiger partial charge >= 0.3 is 0 Å². The molecule has 1 aliphatic carbocycles. The van der Waals surface area contributed by atoms with Crippen LogP contribution in [-0.2, 0) is 0 Å². The molecule has 5 N–H and O–H groups in total. The molecule has 124 valence electrons. The molecule has 3 heterocycles. The number of anilines is 3. The average molecular weight is 323 g/mol. The van der Waals surface area contributed by atoms with Crippen LogP contribution in [-0.4, -0.2) is 25.6 Å². The van der Waals surface area contributed by atoms with Crippen molar-refractivity contribution in [2.24, 2.45) is 5.73 Å². The molecule has 0 saturated heterocycles. The summed E-state index contributed by atoms with van der Waals surface area (Å²) in [6, 6.07) is 5.96. The van der Waals surface area contributed by atoms with Crippen LogP contribution in [0.4, 0.5) is 17.2 Å². The molecule has 0 atom stereocenters. The summed E-state index contributed by atoms with van der Waals surface area (Å²) in [5.41, 5.74) is 15.5. The van der Waals surface area contributed by atoms with Crippen LogP contribution in [0, 0.1) is 0 Å². The van der Waals surface area contributed by atoms with Crippen LogP contribution in [0.1, 0.15) is 37.3 Å². The average Bonchev–Trinajstić information content (AvgIpc) is 3.00. The minimum Gasteiger partial charge on any atom is -0.382 e. The van der Waals surface area contributed by atoms with E-state index in [0.717, 1.165) is 48.4 Å². The van der Waals surface area contributed by atoms with Crippen molar-refractivity contribution in [3.8, 4) is 0 Å². The first-order valence-electron chi connectivity index (χ1n) is 8.27. The topological polar surface area (TPSA) is 107 Å². The summed E-state index contributed by atoms with van der Waals surface area (Å²) < 4.78 is 1.76. The molecule has 1 aliphatic rings. The predicted octanol–water partition coefficient (Wildman–Crippen LogP) is 2.44. The zero-order chi connectivity index (χ0) is 16.5. The van der Waals surface area contributed by atoms with Crippen molar-refractivity contribution in [1.82, 2.24) is 19.6 Å². The van der Waals surface area contributed by atoms with E-state index in [1.54, 1.807) is 23.0 Å². The summed E-state index contributed by atoms with van der Waals surface area (Å²) in [6.45, 7) is 0. The first kappa shape index (κ1) is 14.9. The van der Waals surface area contributed by atoms with Gasteiger partial charge in [-0.3, -0.25) is 4.98 Å². The molecule has 3 aromatic heterocycles. The van der Waals surface area contributed by atoms with Gasteiger partial charge in [0, 0.05) is 24.2 Å². The lowest BCUT2D eigenvalue weighted by Gasteiger charge is -2.24. The molecule has 4 rings (SSSR count). The molecule has 0 unspecified atom stereocenters. The maximum atomic E-state index is 6.01. The molecule has 0 aromatic carbocycles. The van der Waals surface area contributed by atoms with E-state index in [4.69, 9.17) is 16.5 Å². The molecule has 7 nitrogen and oxygen atoms in total. The highest BCUT2D eigenvalue weighted by Gasteiger charge is 2.23. The van der Waals surface area contributed by atoms with Crippen LogP contribution in [0.25, 0.3) is 5.65 Å². The number of hydrogen-bond acceptors (Lipinski definition) is 6. The fourth-order valence-corrected chi connectivity index (χ4v) is 3.31. The third kappa shape index (κ3) is 2.90. The number of rotatable bonds is 3. The molecule has 3 aromatic rings. The van der Waals surface area contributed by atoms with Crippen LogP contribution in [0.5, 0.6) is 0 Å². The van der Waals surface area contributed by atoms with E-state index in [1.165, 1.54) is 0 Å². The molecule has 0 spiro atoms. The second-order valence-electron chi connectivity index (χ2n) is 6.40. The Morgan fingerprint density at radius 3 is 2.79 bits per heavy atom. The summed E-state index contributed by atoms with van der Waals surface area (Å²) in [4.78, 5) is 8.94. The summed E-state index contributed by atoms with van der Waals surface area (Å²) in [6.07, 6.45) is 9.74. The zero-order valence-electron chi connectivity index (χ0n) is 13.4. The first-order chi connectivity index (χ1) is 11.7. The van der Waals surface area contributed by atoms with E-state index in [1.807, 2.05) is 18.3 Å². The monoisotopic (exact) mass is 323 g/mol. The van der Waals surface area contributed by atoms with Gasteiger partial charge in [-0.2, -0.15) is 0 Å². The minimum atomic E-state index is 0.329. The fraction of sp³-hybridized carbons (Fsp3) is 0.353. The Morgan fingerprint density at radius 1 is 1.21 bits per heavy atom. The van der Waals surface area contributed by atoms with Gasteiger partial charge in [-0.1, -0.05) is 0 Å². The molecule has 1 fully saturated rings. The quantitative estimate of drug-likeness (QED) is 0.683. The molecular weight excluding hydrogens is 302 g/mol. The molecule has 24 heavy (non-hydrogen) atoms. The fourth-order valence-electron chi connectivity index (χ4n) is 3.31. The summed E-state index contributed by atoms with van der Waals surface area (Å²) in [5, 5.41) is 7.69. The van der Waals surface area contributed by atoms with Gasteiger partial charge in [-0.15, -0.1) is 5.10 Å². The predicted molar refractivity (Wildman–Crippen MR) is 94.1 cm³/mol. The molecule has 0 amide bonds. The highest BCUT2D eigenvalue weighted by atomic mass is 15.3. The van der Waals surface area contributed by atoms with E-state index >= 15 is 0 Å². The molecule has 0 aliphatic heterocycles. The standard InChI is InChI=1S/C17H21N7/c18-12-5-3-11(4-6-12)15-10-24-17(22-15)14(8-16(19)23-24)21-13-2-1-7-20-9-13/h1-2,7-12,21H,3-6,18H2,(H2,19,23). The second kappa shape index (κ2) is 6.09.